The van der Waals surface area contributed by atoms with E-state index in [0.717, 1.165) is 19.3 Å². The first-order valence-corrected chi connectivity index (χ1v) is 6.82. The molecule has 3 N–H and O–H groups in total. The van der Waals surface area contributed by atoms with E-state index >= 15 is 0 Å². The predicted octanol–water partition coefficient (Wildman–Crippen LogP) is 0.821. The maximum absolute atomic E-state index is 11.9. The predicted molar refractivity (Wildman–Crippen MR) is 68.8 cm³/mol. The molecule has 1 rings (SSSR count). The van der Waals surface area contributed by atoms with Crippen molar-refractivity contribution in [2.75, 3.05) is 19.7 Å². The van der Waals surface area contributed by atoms with Crippen molar-refractivity contribution in [3.63, 3.8) is 0 Å². The molecule has 0 bridgehead atoms. The second kappa shape index (κ2) is 8.08. The minimum absolute atomic E-state index is 0.0672. The lowest BCUT2D eigenvalue weighted by Gasteiger charge is -2.17. The van der Waals surface area contributed by atoms with Crippen LogP contribution >= 0.6 is 0 Å². The van der Waals surface area contributed by atoms with Crippen molar-refractivity contribution < 1.29 is 14.3 Å². The van der Waals surface area contributed by atoms with Crippen molar-refractivity contribution in [2.45, 2.75) is 39.0 Å². The van der Waals surface area contributed by atoms with Crippen LogP contribution < -0.4 is 11.1 Å². The summed E-state index contributed by atoms with van der Waals surface area (Å²) in [5.74, 6) is 0.284. The van der Waals surface area contributed by atoms with Gasteiger partial charge in [0.05, 0.1) is 6.61 Å². The van der Waals surface area contributed by atoms with Gasteiger partial charge in [-0.25, -0.2) is 0 Å². The molecule has 0 radical (unpaired) electrons. The lowest BCUT2D eigenvalue weighted by molar-refractivity contribution is -0.143. The molecule has 1 fully saturated rings. The fraction of sp³-hybridized carbons (Fsp3) is 0.846. The normalized spacial score (nSPS) is 22.8. The van der Waals surface area contributed by atoms with Crippen LogP contribution in [0, 0.1) is 11.8 Å². The molecule has 2 unspecified atom stereocenters. The summed E-state index contributed by atoms with van der Waals surface area (Å²) in [6.07, 6.45) is 4.06. The Balaban J connectivity index is 2.15. The van der Waals surface area contributed by atoms with Crippen molar-refractivity contribution in [3.05, 3.63) is 0 Å². The highest BCUT2D eigenvalue weighted by Crippen LogP contribution is 2.30. The fourth-order valence-corrected chi connectivity index (χ4v) is 2.47. The lowest BCUT2D eigenvalue weighted by atomic mass is 9.95. The topological polar surface area (TPSA) is 81.4 Å². The highest BCUT2D eigenvalue weighted by molar-refractivity contribution is 5.79. The third-order valence-corrected chi connectivity index (χ3v) is 3.46. The Hall–Kier alpha value is -1.10. The van der Waals surface area contributed by atoms with Gasteiger partial charge in [-0.2, -0.15) is 0 Å². The molecule has 0 aromatic heterocycles. The summed E-state index contributed by atoms with van der Waals surface area (Å²) >= 11 is 0. The third kappa shape index (κ3) is 4.64. The number of rotatable bonds is 7. The number of ether oxygens (including phenoxy) is 1. The molecule has 0 aliphatic heterocycles. The molecule has 5 heteroatoms. The van der Waals surface area contributed by atoms with Gasteiger partial charge >= 0.3 is 5.97 Å². The molecule has 0 aromatic carbocycles. The zero-order valence-electron chi connectivity index (χ0n) is 11.1. The first kappa shape index (κ1) is 15.0. The van der Waals surface area contributed by atoms with Gasteiger partial charge in [0, 0.05) is 18.9 Å². The van der Waals surface area contributed by atoms with Gasteiger partial charge < -0.3 is 15.8 Å². The minimum Gasteiger partial charge on any atom is -0.466 e. The zero-order chi connectivity index (χ0) is 13.4. The van der Waals surface area contributed by atoms with E-state index in [4.69, 9.17) is 10.5 Å². The Labute approximate surface area is 108 Å². The molecule has 104 valence electrons. The van der Waals surface area contributed by atoms with E-state index in [9.17, 15) is 9.59 Å². The average Bonchev–Trinajstić information content (AvgIpc) is 2.83. The smallest absolute Gasteiger partial charge is 0.305 e. The second-order valence-corrected chi connectivity index (χ2v) is 4.73. The Morgan fingerprint density at radius 3 is 2.83 bits per heavy atom. The molecule has 1 saturated carbocycles. The number of nitrogens with two attached hydrogens (primary N) is 1. The van der Waals surface area contributed by atoms with E-state index in [1.165, 1.54) is 0 Å². The summed E-state index contributed by atoms with van der Waals surface area (Å²) in [6, 6.07) is 0. The number of hydrogen-bond acceptors (Lipinski definition) is 4. The van der Waals surface area contributed by atoms with Gasteiger partial charge in [0.2, 0.25) is 5.91 Å². The van der Waals surface area contributed by atoms with Crippen molar-refractivity contribution >= 4 is 11.9 Å². The maximum Gasteiger partial charge on any atom is 0.305 e. The summed E-state index contributed by atoms with van der Waals surface area (Å²) < 4.78 is 4.82. The van der Waals surface area contributed by atoms with Crippen LogP contribution in [0.15, 0.2) is 0 Å². The summed E-state index contributed by atoms with van der Waals surface area (Å²) in [4.78, 5) is 23.0. The number of carbonyl (C=O) groups is 2. The van der Waals surface area contributed by atoms with E-state index in [-0.39, 0.29) is 17.8 Å². The number of esters is 1. The van der Waals surface area contributed by atoms with Crippen LogP contribution in [0.3, 0.4) is 0 Å². The molecular formula is C13H24N2O3. The first-order valence-electron chi connectivity index (χ1n) is 6.82. The third-order valence-electron chi connectivity index (χ3n) is 3.46. The van der Waals surface area contributed by atoms with Crippen LogP contribution in [-0.4, -0.2) is 31.6 Å². The standard InChI is InChI=1S/C13H24N2O3/c1-2-18-12(16)7-4-8-15-13(17)11-6-3-5-10(11)9-14/h10-11H,2-9,14H2,1H3,(H,15,17). The summed E-state index contributed by atoms with van der Waals surface area (Å²) in [5.41, 5.74) is 5.65. The van der Waals surface area contributed by atoms with Gasteiger partial charge in [0.1, 0.15) is 0 Å². The SMILES string of the molecule is CCOC(=O)CCCNC(=O)C1CCCC1CN. The monoisotopic (exact) mass is 256 g/mol. The molecule has 1 aliphatic carbocycles. The van der Waals surface area contributed by atoms with Gasteiger partial charge in [-0.3, -0.25) is 9.59 Å². The van der Waals surface area contributed by atoms with Gasteiger partial charge in [-0.1, -0.05) is 6.42 Å². The van der Waals surface area contributed by atoms with Crippen molar-refractivity contribution in [3.8, 4) is 0 Å². The highest BCUT2D eigenvalue weighted by atomic mass is 16.5. The Kier molecular flexibility index (Phi) is 6.72. The Morgan fingerprint density at radius 1 is 1.39 bits per heavy atom. The Morgan fingerprint density at radius 2 is 2.17 bits per heavy atom. The molecule has 18 heavy (non-hydrogen) atoms. The molecule has 5 nitrogen and oxygen atoms in total. The first-order chi connectivity index (χ1) is 8.69. The number of amides is 1. The second-order valence-electron chi connectivity index (χ2n) is 4.73. The van der Waals surface area contributed by atoms with Crippen LogP contribution in [0.25, 0.3) is 0 Å². The van der Waals surface area contributed by atoms with Crippen LogP contribution in [0.4, 0.5) is 0 Å². The molecule has 1 amide bonds. The van der Waals surface area contributed by atoms with Crippen molar-refractivity contribution in [1.29, 1.82) is 0 Å². The number of nitrogens with one attached hydrogen (secondary N) is 1. The minimum atomic E-state index is -0.201. The van der Waals surface area contributed by atoms with Gasteiger partial charge in [0.15, 0.2) is 0 Å². The molecule has 0 heterocycles. The van der Waals surface area contributed by atoms with Crippen molar-refractivity contribution in [1.82, 2.24) is 5.32 Å². The molecule has 0 saturated heterocycles. The zero-order valence-corrected chi connectivity index (χ0v) is 11.1. The summed E-state index contributed by atoms with van der Waals surface area (Å²) in [7, 11) is 0. The Bertz CT molecular complexity index is 281. The molecule has 0 aromatic rings. The molecule has 2 atom stereocenters. The van der Waals surface area contributed by atoms with E-state index in [2.05, 4.69) is 5.32 Å². The summed E-state index contributed by atoms with van der Waals surface area (Å²) in [5, 5.41) is 2.88. The van der Waals surface area contributed by atoms with Crippen LogP contribution in [0.1, 0.15) is 39.0 Å². The van der Waals surface area contributed by atoms with Gasteiger partial charge in [-0.15, -0.1) is 0 Å². The van der Waals surface area contributed by atoms with Gasteiger partial charge in [-0.05, 0) is 38.6 Å². The van der Waals surface area contributed by atoms with Crippen LogP contribution in [0.5, 0.6) is 0 Å². The average molecular weight is 256 g/mol. The lowest BCUT2D eigenvalue weighted by Crippen LogP contribution is -2.35. The van der Waals surface area contributed by atoms with E-state index in [0.29, 0.717) is 38.5 Å². The van der Waals surface area contributed by atoms with Crippen molar-refractivity contribution in [2.24, 2.45) is 17.6 Å². The number of carbonyl (C=O) groups excluding carboxylic acids is 2. The molecule has 0 spiro atoms. The number of hydrogen-bond donors (Lipinski definition) is 2. The highest BCUT2D eigenvalue weighted by Gasteiger charge is 2.31. The van der Waals surface area contributed by atoms with Crippen LogP contribution in [0.2, 0.25) is 0 Å². The largest absolute Gasteiger partial charge is 0.466 e. The van der Waals surface area contributed by atoms with Crippen LogP contribution in [-0.2, 0) is 14.3 Å². The van der Waals surface area contributed by atoms with E-state index in [1.54, 1.807) is 6.92 Å². The van der Waals surface area contributed by atoms with E-state index < -0.39 is 0 Å². The molecule has 1 aliphatic rings. The quantitative estimate of drug-likeness (QED) is 0.522. The van der Waals surface area contributed by atoms with E-state index in [1.807, 2.05) is 0 Å². The van der Waals surface area contributed by atoms with Gasteiger partial charge in [0.25, 0.3) is 0 Å². The molecular weight excluding hydrogens is 232 g/mol. The fourth-order valence-electron chi connectivity index (χ4n) is 2.47. The maximum atomic E-state index is 11.9. The summed E-state index contributed by atoms with van der Waals surface area (Å²) in [6.45, 7) is 3.31.